The first-order valence-corrected chi connectivity index (χ1v) is 11.0. The molecular formula is C23H27N7O. The normalized spacial score (nSPS) is 20.9. The number of hydrogen-bond donors (Lipinski definition) is 3. The predicted molar refractivity (Wildman–Crippen MR) is 116 cm³/mol. The van der Waals surface area contributed by atoms with E-state index in [0.717, 1.165) is 49.8 Å². The number of H-pyrrole nitrogens is 1. The Morgan fingerprint density at radius 2 is 1.84 bits per heavy atom. The van der Waals surface area contributed by atoms with Crippen LogP contribution in [0.1, 0.15) is 54.0 Å². The number of carbonyl (C=O) groups excluding carboxylic acids is 1. The molecule has 2 unspecified atom stereocenters. The Balaban J connectivity index is 1.11. The predicted octanol–water partition coefficient (Wildman–Crippen LogP) is 2.76. The summed E-state index contributed by atoms with van der Waals surface area (Å²) in [4.78, 5) is 21.6. The zero-order valence-corrected chi connectivity index (χ0v) is 17.4. The maximum Gasteiger partial charge on any atom is 0.223 e. The van der Waals surface area contributed by atoms with Gasteiger partial charge < -0.3 is 10.6 Å². The number of hydrogen-bond acceptors (Lipinski definition) is 6. The lowest BCUT2D eigenvalue weighted by Crippen LogP contribution is -2.33. The van der Waals surface area contributed by atoms with Crippen molar-refractivity contribution in [1.29, 1.82) is 0 Å². The number of nitrogens with one attached hydrogen (secondary N) is 3. The van der Waals surface area contributed by atoms with Crippen LogP contribution >= 0.6 is 0 Å². The molecule has 1 saturated carbocycles. The smallest absolute Gasteiger partial charge is 0.223 e. The highest BCUT2D eigenvalue weighted by molar-refractivity contribution is 5.78. The van der Waals surface area contributed by atoms with Gasteiger partial charge in [0.25, 0.3) is 0 Å². The Bertz CT molecular complexity index is 994. The minimum absolute atomic E-state index is 0.0151. The summed E-state index contributed by atoms with van der Waals surface area (Å²) in [5.41, 5.74) is 4.65. The molecule has 2 aromatic heterocycles. The van der Waals surface area contributed by atoms with Gasteiger partial charge in [-0.15, -0.1) is 0 Å². The van der Waals surface area contributed by atoms with Gasteiger partial charge in [0, 0.05) is 42.4 Å². The molecule has 160 valence electrons. The number of aromatic nitrogens is 5. The number of aromatic amines is 1. The average Bonchev–Trinajstić information content (AvgIpc) is 3.48. The largest absolute Gasteiger partial charge is 0.352 e. The van der Waals surface area contributed by atoms with E-state index >= 15 is 0 Å². The van der Waals surface area contributed by atoms with Gasteiger partial charge in [0.15, 0.2) is 0 Å². The Hall–Kier alpha value is -3.29. The van der Waals surface area contributed by atoms with Crippen molar-refractivity contribution in [2.24, 2.45) is 5.92 Å². The highest BCUT2D eigenvalue weighted by Gasteiger charge is 2.29. The average molecular weight is 418 g/mol. The van der Waals surface area contributed by atoms with Gasteiger partial charge in [0.05, 0.1) is 11.9 Å². The van der Waals surface area contributed by atoms with Crippen molar-refractivity contribution >= 4 is 11.9 Å². The number of anilines is 1. The Morgan fingerprint density at radius 3 is 2.55 bits per heavy atom. The van der Waals surface area contributed by atoms with E-state index in [1.165, 1.54) is 11.1 Å². The molecule has 8 nitrogen and oxygen atoms in total. The summed E-state index contributed by atoms with van der Waals surface area (Å²) >= 11 is 0. The Labute approximate surface area is 181 Å². The van der Waals surface area contributed by atoms with E-state index in [0.29, 0.717) is 24.5 Å². The van der Waals surface area contributed by atoms with Crippen LogP contribution in [0.5, 0.6) is 0 Å². The van der Waals surface area contributed by atoms with Crippen molar-refractivity contribution in [2.45, 2.75) is 57.0 Å². The van der Waals surface area contributed by atoms with E-state index in [4.69, 9.17) is 0 Å². The quantitative estimate of drug-likeness (QED) is 0.569. The van der Waals surface area contributed by atoms with Gasteiger partial charge in [-0.2, -0.15) is 15.4 Å². The molecule has 0 radical (unpaired) electrons. The Kier molecular flexibility index (Phi) is 5.60. The van der Waals surface area contributed by atoms with Crippen LogP contribution < -0.4 is 10.6 Å². The highest BCUT2D eigenvalue weighted by atomic mass is 16.1. The van der Waals surface area contributed by atoms with Crippen LogP contribution in [0.15, 0.2) is 42.9 Å². The standard InChI is InChI=1S/C23H27N7O/c31-22(19-7-3-6-18(8-19)21-14-27-30-29-21)24-11-15-12-25-23(26-13-15)28-20-9-16-4-1-2-5-17(16)10-20/h1-2,4-5,12-14,18-20H,3,6-11H2,(H,24,31)(H,25,26,28)(H,27,29,30). The number of carbonyl (C=O) groups is 1. The molecule has 5 rings (SSSR count). The molecular weight excluding hydrogens is 390 g/mol. The minimum Gasteiger partial charge on any atom is -0.352 e. The van der Waals surface area contributed by atoms with Crippen LogP contribution in [0.25, 0.3) is 0 Å². The number of rotatable bonds is 6. The first-order valence-electron chi connectivity index (χ1n) is 11.0. The molecule has 0 saturated heterocycles. The third-order valence-electron chi connectivity index (χ3n) is 6.45. The van der Waals surface area contributed by atoms with Gasteiger partial charge in [-0.1, -0.05) is 30.7 Å². The van der Waals surface area contributed by atoms with Crippen LogP contribution in [-0.2, 0) is 24.2 Å². The minimum atomic E-state index is 0.0151. The summed E-state index contributed by atoms with van der Waals surface area (Å²) in [6.45, 7) is 0.444. The van der Waals surface area contributed by atoms with Crippen LogP contribution in [0.4, 0.5) is 5.95 Å². The fraction of sp³-hybridized carbons (Fsp3) is 0.435. The molecule has 3 N–H and O–H groups in total. The van der Waals surface area contributed by atoms with Crippen LogP contribution in [0.3, 0.4) is 0 Å². The van der Waals surface area contributed by atoms with E-state index in [1.807, 2.05) is 0 Å². The molecule has 2 heterocycles. The molecule has 1 fully saturated rings. The molecule has 8 heteroatoms. The molecule has 0 aliphatic heterocycles. The molecule has 2 aliphatic carbocycles. The van der Waals surface area contributed by atoms with Crippen molar-refractivity contribution in [3.8, 4) is 0 Å². The molecule has 2 aliphatic rings. The fourth-order valence-corrected chi connectivity index (χ4v) is 4.80. The monoisotopic (exact) mass is 417 g/mol. The number of amides is 1. The molecule has 0 spiro atoms. The molecule has 31 heavy (non-hydrogen) atoms. The van der Waals surface area contributed by atoms with Gasteiger partial charge in [-0.05, 0) is 43.2 Å². The number of fused-ring (bicyclic) bond motifs is 1. The molecule has 1 amide bonds. The first-order chi connectivity index (χ1) is 15.2. The first kappa shape index (κ1) is 19.7. The van der Waals surface area contributed by atoms with Crippen molar-refractivity contribution in [2.75, 3.05) is 5.32 Å². The van der Waals surface area contributed by atoms with Crippen LogP contribution in [0.2, 0.25) is 0 Å². The summed E-state index contributed by atoms with van der Waals surface area (Å²) in [5, 5.41) is 17.2. The summed E-state index contributed by atoms with van der Waals surface area (Å²) in [6.07, 6.45) is 11.2. The van der Waals surface area contributed by atoms with Gasteiger partial charge in [0.2, 0.25) is 11.9 Å². The second kappa shape index (κ2) is 8.83. The van der Waals surface area contributed by atoms with Crippen LogP contribution in [0, 0.1) is 5.92 Å². The van der Waals surface area contributed by atoms with Crippen molar-refractivity contribution in [1.82, 2.24) is 30.7 Å². The van der Waals surface area contributed by atoms with E-state index in [9.17, 15) is 4.79 Å². The number of nitrogens with zero attached hydrogens (tertiary/aromatic N) is 4. The summed E-state index contributed by atoms with van der Waals surface area (Å²) < 4.78 is 0. The van der Waals surface area contributed by atoms with E-state index < -0.39 is 0 Å². The lowest BCUT2D eigenvalue weighted by atomic mass is 9.79. The van der Waals surface area contributed by atoms with Crippen molar-refractivity contribution in [3.63, 3.8) is 0 Å². The topological polar surface area (TPSA) is 108 Å². The summed E-state index contributed by atoms with van der Waals surface area (Å²) in [6, 6.07) is 8.87. The maximum absolute atomic E-state index is 12.7. The molecule has 1 aromatic carbocycles. The van der Waals surface area contributed by atoms with Crippen LogP contribution in [-0.4, -0.2) is 37.3 Å². The van der Waals surface area contributed by atoms with Gasteiger partial charge in [0.1, 0.15) is 0 Å². The zero-order chi connectivity index (χ0) is 21.0. The molecule has 0 bridgehead atoms. The summed E-state index contributed by atoms with van der Waals surface area (Å²) in [7, 11) is 0. The van der Waals surface area contributed by atoms with Gasteiger partial charge in [-0.25, -0.2) is 9.97 Å². The fourth-order valence-electron chi connectivity index (χ4n) is 4.80. The molecule has 2 atom stereocenters. The Morgan fingerprint density at radius 1 is 1.06 bits per heavy atom. The van der Waals surface area contributed by atoms with Crippen molar-refractivity contribution < 1.29 is 4.79 Å². The van der Waals surface area contributed by atoms with Gasteiger partial charge in [-0.3, -0.25) is 4.79 Å². The maximum atomic E-state index is 12.7. The third kappa shape index (κ3) is 4.57. The van der Waals surface area contributed by atoms with E-state index in [2.05, 4.69) is 60.3 Å². The van der Waals surface area contributed by atoms with E-state index in [1.54, 1.807) is 18.6 Å². The summed E-state index contributed by atoms with van der Waals surface area (Å²) in [5.74, 6) is 1.05. The van der Waals surface area contributed by atoms with Gasteiger partial charge >= 0.3 is 0 Å². The highest BCUT2D eigenvalue weighted by Crippen LogP contribution is 2.35. The molecule has 3 aromatic rings. The third-order valence-corrected chi connectivity index (χ3v) is 6.45. The zero-order valence-electron chi connectivity index (χ0n) is 17.4. The second-order valence-electron chi connectivity index (χ2n) is 8.61. The SMILES string of the molecule is O=C(NCc1cnc(NC2Cc3ccccc3C2)nc1)C1CCCC(c2cn[nH]n2)C1. The lowest BCUT2D eigenvalue weighted by molar-refractivity contribution is -0.126. The second-order valence-corrected chi connectivity index (χ2v) is 8.61. The number of benzene rings is 1. The van der Waals surface area contributed by atoms with Crippen molar-refractivity contribution in [3.05, 3.63) is 65.2 Å². The lowest BCUT2D eigenvalue weighted by Gasteiger charge is -2.27. The van der Waals surface area contributed by atoms with E-state index in [-0.39, 0.29) is 11.8 Å².